The van der Waals surface area contributed by atoms with E-state index in [1.165, 1.54) is 6.08 Å². The average Bonchev–Trinajstić information content (AvgIpc) is 3.02. The second kappa shape index (κ2) is 15.1. The molecule has 1 heterocycles. The summed E-state index contributed by atoms with van der Waals surface area (Å²) in [5.74, 6) is -3.40. The number of benzene rings is 2. The highest BCUT2D eigenvalue weighted by atomic mass is 19.1. The van der Waals surface area contributed by atoms with Gasteiger partial charge in [-0.1, -0.05) is 48.5 Å². The molecule has 1 saturated heterocycles. The first-order valence-corrected chi connectivity index (χ1v) is 12.8. The van der Waals surface area contributed by atoms with Gasteiger partial charge in [0.25, 0.3) is 17.6 Å². The van der Waals surface area contributed by atoms with Crippen LogP contribution in [0.25, 0.3) is 11.1 Å². The van der Waals surface area contributed by atoms with Gasteiger partial charge < -0.3 is 40.3 Å². The molecule has 13 heteroatoms. The van der Waals surface area contributed by atoms with E-state index in [9.17, 15) is 34.1 Å². The van der Waals surface area contributed by atoms with Gasteiger partial charge >= 0.3 is 5.97 Å². The quantitative estimate of drug-likeness (QED) is 0.0977. The van der Waals surface area contributed by atoms with Crippen LogP contribution in [-0.2, 0) is 23.9 Å². The second-order valence-electron chi connectivity index (χ2n) is 9.27. The summed E-state index contributed by atoms with van der Waals surface area (Å²) < 4.78 is 24.2. The minimum Gasteiger partial charge on any atom is -0.391 e. The van der Waals surface area contributed by atoms with Gasteiger partial charge in [-0.2, -0.15) is 0 Å². The van der Waals surface area contributed by atoms with Crippen molar-refractivity contribution in [2.24, 2.45) is 5.16 Å². The number of amides is 2. The van der Waals surface area contributed by atoms with Crippen molar-refractivity contribution < 1.29 is 48.4 Å². The Morgan fingerprint density at radius 3 is 2.45 bits per heavy atom. The van der Waals surface area contributed by atoms with Crippen LogP contribution in [0.2, 0.25) is 0 Å². The molecule has 224 valence electrons. The zero-order valence-electron chi connectivity index (χ0n) is 22.5. The molecule has 5 N–H and O–H groups in total. The number of carbonyl (C=O) groups excluding carboxylic acids is 3. The summed E-state index contributed by atoms with van der Waals surface area (Å²) in [4.78, 5) is 42.0. The van der Waals surface area contributed by atoms with Crippen LogP contribution in [-0.4, -0.2) is 95.0 Å². The number of ether oxygens (including phenoxy) is 2. The van der Waals surface area contributed by atoms with Crippen molar-refractivity contribution in [1.29, 1.82) is 0 Å². The number of hydrogen-bond acceptors (Lipinski definition) is 10. The van der Waals surface area contributed by atoms with Gasteiger partial charge in [-0.25, -0.2) is 9.18 Å². The number of carbonyl (C=O) groups is 3. The molecule has 1 aliphatic heterocycles. The van der Waals surface area contributed by atoms with Crippen LogP contribution in [0, 0.1) is 0 Å². The number of alkyl halides is 1. The van der Waals surface area contributed by atoms with Crippen molar-refractivity contribution in [3.63, 3.8) is 0 Å². The lowest BCUT2D eigenvalue weighted by Gasteiger charge is -2.46. The zero-order chi connectivity index (χ0) is 30.7. The number of aliphatic hydroxyl groups is 3. The SMILES string of the molecule is C=C=NOC(=O)C1(OCC=C)CC(O)C(NC(=O)CF)C(C(O)C(O)CNC(=O)c2ccc(-c3ccccc3)cc2)O1. The summed E-state index contributed by atoms with van der Waals surface area (Å²) in [6.45, 7) is 4.40. The Bertz CT molecular complexity index is 1290. The van der Waals surface area contributed by atoms with E-state index in [0.717, 1.165) is 11.1 Å². The molecule has 2 amide bonds. The van der Waals surface area contributed by atoms with Crippen molar-refractivity contribution in [2.45, 2.75) is 42.7 Å². The molecule has 6 atom stereocenters. The highest BCUT2D eigenvalue weighted by molar-refractivity contribution is 5.94. The highest BCUT2D eigenvalue weighted by Crippen LogP contribution is 2.34. The summed E-state index contributed by atoms with van der Waals surface area (Å²) in [6.07, 6.45) is -6.50. The third kappa shape index (κ3) is 7.95. The third-order valence-electron chi connectivity index (χ3n) is 6.42. The summed E-state index contributed by atoms with van der Waals surface area (Å²) in [7, 11) is 0. The van der Waals surface area contributed by atoms with E-state index in [4.69, 9.17) is 9.47 Å². The average molecular weight is 586 g/mol. The minimum absolute atomic E-state index is 0.274. The molecular weight excluding hydrogens is 553 g/mol. The Hall–Kier alpha value is -4.23. The molecule has 2 aromatic carbocycles. The van der Waals surface area contributed by atoms with Crippen LogP contribution in [0.15, 0.2) is 79.0 Å². The van der Waals surface area contributed by atoms with Crippen molar-refractivity contribution in [1.82, 2.24) is 10.6 Å². The largest absolute Gasteiger partial charge is 0.394 e. The number of nitrogens with zero attached hydrogens (tertiary/aromatic N) is 1. The Morgan fingerprint density at radius 1 is 1.17 bits per heavy atom. The minimum atomic E-state index is -2.39. The zero-order valence-corrected chi connectivity index (χ0v) is 22.5. The first-order valence-electron chi connectivity index (χ1n) is 12.8. The lowest BCUT2D eigenvalue weighted by atomic mass is 9.88. The van der Waals surface area contributed by atoms with Gasteiger partial charge in [0.2, 0.25) is 0 Å². The second-order valence-corrected chi connectivity index (χ2v) is 9.27. The molecule has 6 unspecified atom stereocenters. The Morgan fingerprint density at radius 2 is 1.83 bits per heavy atom. The van der Waals surface area contributed by atoms with Gasteiger partial charge in [-0.15, -0.1) is 6.58 Å². The fourth-order valence-electron chi connectivity index (χ4n) is 4.35. The van der Waals surface area contributed by atoms with Crippen molar-refractivity contribution >= 4 is 23.7 Å². The van der Waals surface area contributed by atoms with Gasteiger partial charge in [-0.3, -0.25) is 9.59 Å². The van der Waals surface area contributed by atoms with E-state index < -0.39 is 73.7 Å². The third-order valence-corrected chi connectivity index (χ3v) is 6.42. The van der Waals surface area contributed by atoms with E-state index in [-0.39, 0.29) is 12.2 Å². The number of aliphatic hydroxyl groups excluding tert-OH is 3. The number of hydrogen-bond donors (Lipinski definition) is 5. The van der Waals surface area contributed by atoms with Crippen molar-refractivity contribution in [3.8, 4) is 11.1 Å². The molecule has 0 aliphatic carbocycles. The number of rotatable bonds is 13. The molecule has 2 aromatic rings. The summed E-state index contributed by atoms with van der Waals surface area (Å²) in [5.41, 5.74) is 2.12. The Kier molecular flexibility index (Phi) is 11.6. The predicted molar refractivity (Wildman–Crippen MR) is 148 cm³/mol. The van der Waals surface area contributed by atoms with E-state index in [1.54, 1.807) is 24.3 Å². The number of nitrogens with one attached hydrogen (secondary N) is 2. The Labute approximate surface area is 241 Å². The van der Waals surface area contributed by atoms with Gasteiger partial charge in [0.1, 0.15) is 12.2 Å². The lowest BCUT2D eigenvalue weighted by molar-refractivity contribution is -0.309. The normalized spacial score (nSPS) is 23.0. The maximum Gasteiger partial charge on any atom is 0.394 e. The summed E-state index contributed by atoms with van der Waals surface area (Å²) >= 11 is 0. The summed E-state index contributed by atoms with van der Waals surface area (Å²) in [6, 6.07) is 14.7. The predicted octanol–water partition coefficient (Wildman–Crippen LogP) is 0.622. The molecule has 42 heavy (non-hydrogen) atoms. The van der Waals surface area contributed by atoms with Crippen LogP contribution < -0.4 is 10.6 Å². The van der Waals surface area contributed by atoms with Crippen molar-refractivity contribution in [2.75, 3.05) is 19.8 Å². The smallest absolute Gasteiger partial charge is 0.391 e. The van der Waals surface area contributed by atoms with Crippen LogP contribution in [0.5, 0.6) is 0 Å². The Balaban J connectivity index is 1.77. The van der Waals surface area contributed by atoms with Crippen LogP contribution in [0.3, 0.4) is 0 Å². The molecule has 0 radical (unpaired) electrons. The van der Waals surface area contributed by atoms with Gasteiger partial charge in [-0.05, 0) is 35.0 Å². The molecule has 12 nitrogen and oxygen atoms in total. The first-order chi connectivity index (χ1) is 20.2. The van der Waals surface area contributed by atoms with Crippen LogP contribution in [0.1, 0.15) is 16.8 Å². The highest BCUT2D eigenvalue weighted by Gasteiger charge is 2.56. The lowest BCUT2D eigenvalue weighted by Crippen LogP contribution is -2.68. The molecule has 1 aliphatic rings. The van der Waals surface area contributed by atoms with Crippen molar-refractivity contribution in [3.05, 3.63) is 79.4 Å². The molecule has 0 spiro atoms. The van der Waals surface area contributed by atoms with E-state index >= 15 is 0 Å². The standard InChI is InChI=1S/C29H32FN3O9/c1-3-14-40-29(28(39)42-32-4-2)15-21(34)24(33-23(36)16-30)26(41-29)25(37)22(35)17-31-27(38)20-12-10-19(11-13-20)18-8-6-5-7-9-18/h3,5-13,21-22,24-26,34-35,37H,1-2,14-17H2,(H,31,38)(H,33,36). The van der Waals surface area contributed by atoms with E-state index in [1.807, 2.05) is 36.2 Å². The van der Waals surface area contributed by atoms with Crippen LogP contribution >= 0.6 is 0 Å². The fraction of sp³-hybridized carbons (Fsp3) is 0.345. The van der Waals surface area contributed by atoms with Crippen LogP contribution in [0.4, 0.5) is 4.39 Å². The topological polar surface area (TPSA) is 176 Å². The monoisotopic (exact) mass is 585 g/mol. The van der Waals surface area contributed by atoms with E-state index in [0.29, 0.717) is 0 Å². The van der Waals surface area contributed by atoms with E-state index in [2.05, 4.69) is 33.8 Å². The fourth-order valence-corrected chi connectivity index (χ4v) is 4.35. The molecule has 0 saturated carbocycles. The molecule has 1 fully saturated rings. The van der Waals surface area contributed by atoms with Gasteiger partial charge in [0, 0.05) is 24.4 Å². The van der Waals surface area contributed by atoms with Gasteiger partial charge in [0.05, 0.1) is 24.9 Å². The molecule has 0 bridgehead atoms. The molecular formula is C29H32FN3O9. The number of halogens is 1. The maximum atomic E-state index is 13.0. The first kappa shape index (κ1) is 32.3. The maximum absolute atomic E-state index is 13.0. The summed E-state index contributed by atoms with van der Waals surface area (Å²) in [5, 5.41) is 40.4. The molecule has 3 rings (SSSR count). The molecule has 0 aromatic heterocycles. The van der Waals surface area contributed by atoms with Gasteiger partial charge in [0.15, 0.2) is 6.67 Å².